The molecule has 0 bridgehead atoms. The fourth-order valence-electron chi connectivity index (χ4n) is 1.10. The van der Waals surface area contributed by atoms with Gasteiger partial charge in [-0.25, -0.2) is 4.39 Å². The minimum Gasteiger partial charge on any atom is -0.273 e. The number of benzene rings is 1. The quantitative estimate of drug-likeness (QED) is 0.756. The highest BCUT2D eigenvalue weighted by Gasteiger charge is 2.09. The zero-order valence-electron chi connectivity index (χ0n) is 9.17. The number of rotatable bonds is 2. The molecule has 0 saturated heterocycles. The lowest BCUT2D eigenvalue weighted by atomic mass is 10.0. The minimum absolute atomic E-state index is 0.228. The topological polar surface area (TPSA) is 26.0 Å². The van der Waals surface area contributed by atoms with Gasteiger partial charge >= 0.3 is 0 Å². The van der Waals surface area contributed by atoms with E-state index in [9.17, 15) is 4.39 Å². The van der Waals surface area contributed by atoms with Crippen LogP contribution in [0.4, 0.5) is 4.39 Å². The molecule has 0 amide bonds. The van der Waals surface area contributed by atoms with E-state index in [0.717, 1.165) is 17.5 Å². The van der Waals surface area contributed by atoms with Crippen LogP contribution in [0.15, 0.2) is 23.1 Å². The first kappa shape index (κ1) is 13.5. The smallest absolute Gasteiger partial charge is 0.138 e. The summed E-state index contributed by atoms with van der Waals surface area (Å²) in [5.74, 6) is 0.0837. The van der Waals surface area contributed by atoms with Crippen LogP contribution in [0.25, 0.3) is 0 Å². The van der Waals surface area contributed by atoms with Gasteiger partial charge in [0, 0.05) is 0 Å². The molecule has 0 aliphatic heterocycles. The SMILES string of the molecule is CC.CC(C)c1cccc(F)c1SN. The number of halogens is 1. The second-order valence-corrected chi connectivity index (χ2v) is 3.57. The van der Waals surface area contributed by atoms with Crippen molar-refractivity contribution in [1.82, 2.24) is 0 Å². The van der Waals surface area contributed by atoms with Crippen molar-refractivity contribution in [2.75, 3.05) is 0 Å². The molecule has 0 spiro atoms. The number of hydrogen-bond donors (Lipinski definition) is 1. The first-order valence-electron chi connectivity index (χ1n) is 4.82. The highest BCUT2D eigenvalue weighted by atomic mass is 32.2. The summed E-state index contributed by atoms with van der Waals surface area (Å²) in [6, 6.07) is 5.05. The zero-order chi connectivity index (χ0) is 11.1. The maximum absolute atomic E-state index is 13.1. The van der Waals surface area contributed by atoms with E-state index in [2.05, 4.69) is 0 Å². The van der Waals surface area contributed by atoms with Gasteiger partial charge in [-0.15, -0.1) is 0 Å². The van der Waals surface area contributed by atoms with Crippen molar-refractivity contribution in [2.45, 2.75) is 38.5 Å². The Balaban J connectivity index is 0.000000791. The van der Waals surface area contributed by atoms with Crippen molar-refractivity contribution in [3.8, 4) is 0 Å². The van der Waals surface area contributed by atoms with Gasteiger partial charge in [0.25, 0.3) is 0 Å². The average molecular weight is 215 g/mol. The maximum atomic E-state index is 13.1. The largest absolute Gasteiger partial charge is 0.273 e. The molecule has 0 atom stereocenters. The molecule has 80 valence electrons. The third-order valence-electron chi connectivity index (χ3n) is 1.74. The van der Waals surface area contributed by atoms with Crippen LogP contribution in [-0.2, 0) is 0 Å². The van der Waals surface area contributed by atoms with Crippen LogP contribution in [0.3, 0.4) is 0 Å². The van der Waals surface area contributed by atoms with Crippen LogP contribution < -0.4 is 5.14 Å². The van der Waals surface area contributed by atoms with Crippen molar-refractivity contribution >= 4 is 11.9 Å². The van der Waals surface area contributed by atoms with Crippen LogP contribution >= 0.6 is 11.9 Å². The van der Waals surface area contributed by atoms with Crippen molar-refractivity contribution < 1.29 is 4.39 Å². The minimum atomic E-state index is -0.228. The van der Waals surface area contributed by atoms with Crippen LogP contribution in [0.5, 0.6) is 0 Å². The van der Waals surface area contributed by atoms with E-state index >= 15 is 0 Å². The second-order valence-electron chi connectivity index (χ2n) is 2.93. The predicted octanol–water partition coefficient (Wildman–Crippen LogP) is 3.94. The van der Waals surface area contributed by atoms with Gasteiger partial charge in [-0.05, 0) is 29.5 Å². The highest BCUT2D eigenvalue weighted by molar-refractivity contribution is 7.97. The van der Waals surface area contributed by atoms with Crippen molar-refractivity contribution in [2.24, 2.45) is 5.14 Å². The summed E-state index contributed by atoms with van der Waals surface area (Å²) in [6.07, 6.45) is 0. The summed E-state index contributed by atoms with van der Waals surface area (Å²) in [4.78, 5) is 0.563. The summed E-state index contributed by atoms with van der Waals surface area (Å²) in [7, 11) is 0. The van der Waals surface area contributed by atoms with Crippen LogP contribution in [0, 0.1) is 5.82 Å². The van der Waals surface area contributed by atoms with Gasteiger partial charge in [0.1, 0.15) is 5.82 Å². The molecule has 0 radical (unpaired) electrons. The molecule has 3 heteroatoms. The van der Waals surface area contributed by atoms with Crippen LogP contribution in [-0.4, -0.2) is 0 Å². The molecule has 1 nitrogen and oxygen atoms in total. The van der Waals surface area contributed by atoms with Gasteiger partial charge in [-0.3, -0.25) is 5.14 Å². The zero-order valence-corrected chi connectivity index (χ0v) is 9.99. The molecule has 0 aliphatic carbocycles. The van der Waals surface area contributed by atoms with E-state index in [1.54, 1.807) is 6.07 Å². The van der Waals surface area contributed by atoms with E-state index in [0.29, 0.717) is 10.8 Å². The molecular weight excluding hydrogens is 197 g/mol. The number of nitrogens with two attached hydrogens (primary N) is 1. The molecule has 1 aromatic rings. The average Bonchev–Trinajstić information content (AvgIpc) is 2.20. The van der Waals surface area contributed by atoms with Crippen molar-refractivity contribution in [3.63, 3.8) is 0 Å². The third-order valence-corrected chi connectivity index (χ3v) is 2.40. The summed E-state index contributed by atoms with van der Waals surface area (Å²) in [5, 5.41) is 5.37. The normalized spacial score (nSPS) is 9.64. The molecule has 0 fully saturated rings. The standard InChI is InChI=1S/C9H12FNS.C2H6/c1-6(2)7-4-3-5-8(10)9(7)12-11;1-2/h3-6H,11H2,1-2H3;1-2H3. The van der Waals surface area contributed by atoms with Gasteiger partial charge in [0.05, 0.1) is 4.90 Å². The lowest BCUT2D eigenvalue weighted by Gasteiger charge is -2.10. The van der Waals surface area contributed by atoms with E-state index in [1.807, 2.05) is 33.8 Å². The van der Waals surface area contributed by atoms with Gasteiger partial charge in [-0.1, -0.05) is 39.8 Å². The lowest BCUT2D eigenvalue weighted by Crippen LogP contribution is -1.95. The Bertz CT molecular complexity index is 274. The van der Waals surface area contributed by atoms with E-state index in [-0.39, 0.29) is 5.82 Å². The first-order valence-corrected chi connectivity index (χ1v) is 5.70. The van der Waals surface area contributed by atoms with Crippen LogP contribution in [0.1, 0.15) is 39.2 Å². The van der Waals surface area contributed by atoms with Crippen molar-refractivity contribution in [3.05, 3.63) is 29.6 Å². The number of hydrogen-bond acceptors (Lipinski definition) is 2. The molecule has 0 unspecified atom stereocenters. The molecule has 0 aromatic heterocycles. The van der Waals surface area contributed by atoms with Gasteiger partial charge in [0.2, 0.25) is 0 Å². The third kappa shape index (κ3) is 3.31. The summed E-state index contributed by atoms with van der Waals surface area (Å²) >= 11 is 0.975. The maximum Gasteiger partial charge on any atom is 0.138 e. The summed E-state index contributed by atoms with van der Waals surface area (Å²) in [5.41, 5.74) is 0.975. The Kier molecular flexibility index (Phi) is 6.58. The van der Waals surface area contributed by atoms with E-state index < -0.39 is 0 Å². The van der Waals surface area contributed by atoms with E-state index in [4.69, 9.17) is 5.14 Å². The Hall–Kier alpha value is -0.540. The molecule has 0 aliphatic rings. The fraction of sp³-hybridized carbons (Fsp3) is 0.455. The first-order chi connectivity index (χ1) is 6.66. The van der Waals surface area contributed by atoms with Gasteiger partial charge < -0.3 is 0 Å². The Morgan fingerprint density at radius 1 is 1.29 bits per heavy atom. The second kappa shape index (κ2) is 6.85. The van der Waals surface area contributed by atoms with Crippen LogP contribution in [0.2, 0.25) is 0 Å². The molecule has 1 rings (SSSR count). The van der Waals surface area contributed by atoms with Gasteiger partial charge in [-0.2, -0.15) is 0 Å². The molecule has 0 heterocycles. The lowest BCUT2D eigenvalue weighted by molar-refractivity contribution is 0.593. The van der Waals surface area contributed by atoms with Gasteiger partial charge in [0.15, 0.2) is 0 Å². The molecular formula is C11H18FNS. The molecule has 0 saturated carbocycles. The molecule has 1 aromatic carbocycles. The van der Waals surface area contributed by atoms with E-state index in [1.165, 1.54) is 6.07 Å². The molecule has 14 heavy (non-hydrogen) atoms. The fourth-order valence-corrected chi connectivity index (χ4v) is 1.72. The monoisotopic (exact) mass is 215 g/mol. The predicted molar refractivity (Wildman–Crippen MR) is 61.9 cm³/mol. The summed E-state index contributed by atoms with van der Waals surface area (Å²) < 4.78 is 13.1. The Morgan fingerprint density at radius 2 is 1.86 bits per heavy atom. The summed E-state index contributed by atoms with van der Waals surface area (Å²) in [6.45, 7) is 8.04. The molecule has 2 N–H and O–H groups in total. The Morgan fingerprint density at radius 3 is 2.21 bits per heavy atom. The Labute approximate surface area is 90.0 Å². The highest BCUT2D eigenvalue weighted by Crippen LogP contribution is 2.27. The van der Waals surface area contributed by atoms with Crippen molar-refractivity contribution in [1.29, 1.82) is 0 Å².